The van der Waals surface area contributed by atoms with E-state index in [1.165, 1.54) is 11.1 Å². The van der Waals surface area contributed by atoms with E-state index in [0.29, 0.717) is 6.47 Å². The first-order chi connectivity index (χ1) is 8.42. The van der Waals surface area contributed by atoms with Crippen LogP contribution in [0.25, 0.3) is 0 Å². The highest BCUT2D eigenvalue weighted by Gasteiger charge is 2.16. The Hall–Kier alpha value is -1.87. The minimum atomic E-state index is 0.110. The molecule has 2 aromatic rings. The normalized spacial score (nSPS) is 10.2. The molecule has 0 saturated heterocycles. The summed E-state index contributed by atoms with van der Waals surface area (Å²) in [5.41, 5.74) is 2.46. The molecule has 0 aliphatic heterocycles. The number of carbonyl (C=O) groups is 1. The molecule has 0 aromatic heterocycles. The molecule has 0 heterocycles. The van der Waals surface area contributed by atoms with Gasteiger partial charge in [0.1, 0.15) is 0 Å². The van der Waals surface area contributed by atoms with Crippen LogP contribution in [0.2, 0.25) is 0 Å². The van der Waals surface area contributed by atoms with Crippen molar-refractivity contribution in [3.8, 4) is 0 Å². The van der Waals surface area contributed by atoms with Gasteiger partial charge in [-0.15, -0.1) is 0 Å². The number of hydrogen-bond acceptors (Lipinski definition) is 2. The summed E-state index contributed by atoms with van der Waals surface area (Å²) in [6.45, 7) is 0.511. The van der Waals surface area contributed by atoms with E-state index >= 15 is 0 Å². The van der Waals surface area contributed by atoms with E-state index in [-0.39, 0.29) is 15.3 Å². The van der Waals surface area contributed by atoms with E-state index in [4.69, 9.17) is 4.43 Å². The first-order valence-corrected chi connectivity index (χ1v) is 6.35. The van der Waals surface area contributed by atoms with Gasteiger partial charge in [0.2, 0.25) is 0 Å². The van der Waals surface area contributed by atoms with Crippen LogP contribution in [0.1, 0.15) is 16.7 Å². The molecule has 0 unspecified atom stereocenters. The predicted molar refractivity (Wildman–Crippen MR) is 67.6 cm³/mol. The Morgan fingerprint density at radius 1 is 0.882 bits per heavy atom. The van der Waals surface area contributed by atoms with Crippen molar-refractivity contribution in [2.45, 2.75) is 5.54 Å². The third-order valence-corrected chi connectivity index (χ3v) is 3.63. The van der Waals surface area contributed by atoms with E-state index in [9.17, 15) is 4.79 Å². The van der Waals surface area contributed by atoms with Crippen molar-refractivity contribution in [1.29, 1.82) is 0 Å². The highest BCUT2D eigenvalue weighted by Crippen LogP contribution is 2.23. The minimum absolute atomic E-state index is 0.110. The Morgan fingerprint density at radius 3 is 1.76 bits per heavy atom. The van der Waals surface area contributed by atoms with Gasteiger partial charge < -0.3 is 4.43 Å². The van der Waals surface area contributed by atoms with Gasteiger partial charge in [-0.1, -0.05) is 60.7 Å². The minimum Gasteiger partial charge on any atom is -0.518 e. The topological polar surface area (TPSA) is 26.3 Å². The smallest absolute Gasteiger partial charge is 0.327 e. The third kappa shape index (κ3) is 3.04. The molecule has 0 atom stereocenters. The summed E-state index contributed by atoms with van der Waals surface area (Å²) in [7, 11) is 0.110. The number of rotatable bonds is 5. The van der Waals surface area contributed by atoms with Crippen molar-refractivity contribution in [2.75, 3.05) is 0 Å². The van der Waals surface area contributed by atoms with Crippen LogP contribution in [0.15, 0.2) is 60.7 Å². The van der Waals surface area contributed by atoms with Gasteiger partial charge in [-0.05, 0) is 11.1 Å². The zero-order valence-corrected chi connectivity index (χ0v) is 10.2. The SMILES string of the molecule is O=CO[Si]C(c1ccccc1)c1ccccc1. The third-order valence-electron chi connectivity index (χ3n) is 2.50. The summed E-state index contributed by atoms with van der Waals surface area (Å²) in [5.74, 6) is 0. The molecule has 0 spiro atoms. The Balaban J connectivity index is 2.29. The fourth-order valence-corrected chi connectivity index (χ4v) is 2.56. The second-order valence-electron chi connectivity index (χ2n) is 3.59. The molecular formula is C14H12O2Si. The molecule has 0 fully saturated rings. The fourth-order valence-electron chi connectivity index (χ4n) is 1.72. The average Bonchev–Trinajstić information content (AvgIpc) is 2.42. The van der Waals surface area contributed by atoms with Gasteiger partial charge in [0.05, 0.1) is 0 Å². The average molecular weight is 240 g/mol. The summed E-state index contributed by atoms with van der Waals surface area (Å²) in [6, 6.07) is 20.2. The molecule has 2 nitrogen and oxygen atoms in total. The highest BCUT2D eigenvalue weighted by atomic mass is 28.2. The molecule has 2 radical (unpaired) electrons. The standard InChI is InChI=1S/C14H12O2Si/c15-11-16-17-14(12-7-3-1-4-8-12)13-9-5-2-6-10-13/h1-11,14H. The van der Waals surface area contributed by atoms with Crippen molar-refractivity contribution in [3.05, 3.63) is 71.8 Å². The van der Waals surface area contributed by atoms with Crippen LogP contribution in [0.5, 0.6) is 0 Å². The van der Waals surface area contributed by atoms with Crippen LogP contribution in [-0.4, -0.2) is 16.2 Å². The molecular weight excluding hydrogens is 228 g/mol. The van der Waals surface area contributed by atoms with Gasteiger partial charge >= 0.3 is 9.76 Å². The molecule has 0 amide bonds. The van der Waals surface area contributed by atoms with Gasteiger partial charge in [0.25, 0.3) is 6.47 Å². The van der Waals surface area contributed by atoms with Gasteiger partial charge in [0.15, 0.2) is 0 Å². The quantitative estimate of drug-likeness (QED) is 0.593. The second-order valence-corrected chi connectivity index (χ2v) is 4.64. The van der Waals surface area contributed by atoms with Gasteiger partial charge in [-0.25, -0.2) is 0 Å². The van der Waals surface area contributed by atoms with Crippen molar-refractivity contribution in [2.24, 2.45) is 0 Å². The van der Waals surface area contributed by atoms with Crippen LogP contribution in [-0.2, 0) is 9.22 Å². The number of carbonyl (C=O) groups excluding carboxylic acids is 1. The monoisotopic (exact) mass is 240 g/mol. The number of benzene rings is 2. The second kappa shape index (κ2) is 6.01. The van der Waals surface area contributed by atoms with Gasteiger partial charge in [0, 0.05) is 5.54 Å². The maximum absolute atomic E-state index is 10.4. The van der Waals surface area contributed by atoms with Crippen molar-refractivity contribution >= 4 is 16.2 Å². The highest BCUT2D eigenvalue weighted by molar-refractivity contribution is 6.33. The van der Waals surface area contributed by atoms with E-state index in [1.54, 1.807) is 0 Å². The van der Waals surface area contributed by atoms with Crippen molar-refractivity contribution < 1.29 is 9.22 Å². The van der Waals surface area contributed by atoms with Crippen LogP contribution >= 0.6 is 0 Å². The first-order valence-electron chi connectivity index (χ1n) is 5.36. The summed E-state index contributed by atoms with van der Waals surface area (Å²) in [4.78, 5) is 10.4. The Labute approximate surface area is 103 Å². The molecule has 0 bridgehead atoms. The summed E-state index contributed by atoms with van der Waals surface area (Å²) in [6.07, 6.45) is 0. The Morgan fingerprint density at radius 2 is 1.35 bits per heavy atom. The molecule has 3 heteroatoms. The van der Waals surface area contributed by atoms with E-state index in [2.05, 4.69) is 24.3 Å². The molecule has 2 rings (SSSR count). The summed E-state index contributed by atoms with van der Waals surface area (Å²) < 4.78 is 4.95. The zero-order chi connectivity index (χ0) is 11.9. The lowest BCUT2D eigenvalue weighted by molar-refractivity contribution is -0.120. The van der Waals surface area contributed by atoms with Gasteiger partial charge in [-0.2, -0.15) is 0 Å². The maximum Gasteiger partial charge on any atom is 0.327 e. The van der Waals surface area contributed by atoms with Crippen LogP contribution < -0.4 is 0 Å². The van der Waals surface area contributed by atoms with Crippen LogP contribution in [0, 0.1) is 0 Å². The largest absolute Gasteiger partial charge is 0.518 e. The molecule has 0 aliphatic carbocycles. The molecule has 17 heavy (non-hydrogen) atoms. The molecule has 0 N–H and O–H groups in total. The Bertz CT molecular complexity index is 417. The summed E-state index contributed by atoms with van der Waals surface area (Å²) >= 11 is 0. The lowest BCUT2D eigenvalue weighted by atomic mass is 10.0. The maximum atomic E-state index is 10.4. The molecule has 0 saturated carbocycles. The lowest BCUT2D eigenvalue weighted by Crippen LogP contribution is -2.12. The molecule has 84 valence electrons. The van der Waals surface area contributed by atoms with Crippen LogP contribution in [0.4, 0.5) is 0 Å². The molecule has 2 aromatic carbocycles. The fraction of sp³-hybridized carbons (Fsp3) is 0.0714. The predicted octanol–water partition coefficient (Wildman–Crippen LogP) is 2.57. The Kier molecular flexibility index (Phi) is 4.10. The van der Waals surface area contributed by atoms with Crippen molar-refractivity contribution in [1.82, 2.24) is 0 Å². The van der Waals surface area contributed by atoms with Crippen LogP contribution in [0.3, 0.4) is 0 Å². The van der Waals surface area contributed by atoms with E-state index in [0.717, 1.165) is 0 Å². The van der Waals surface area contributed by atoms with E-state index in [1.807, 2.05) is 36.4 Å². The van der Waals surface area contributed by atoms with Gasteiger partial charge in [-0.3, -0.25) is 4.79 Å². The first kappa shape index (κ1) is 11.6. The zero-order valence-electron chi connectivity index (χ0n) is 9.24. The number of hydrogen-bond donors (Lipinski definition) is 0. The lowest BCUT2D eigenvalue weighted by Gasteiger charge is -2.14. The van der Waals surface area contributed by atoms with E-state index < -0.39 is 0 Å². The van der Waals surface area contributed by atoms with Crippen molar-refractivity contribution in [3.63, 3.8) is 0 Å². The molecule has 0 aliphatic rings. The summed E-state index contributed by atoms with van der Waals surface area (Å²) in [5, 5.41) is 0.